The topological polar surface area (TPSA) is 34.1 Å². The van der Waals surface area contributed by atoms with Crippen molar-refractivity contribution in [2.24, 2.45) is 11.8 Å². The highest BCUT2D eigenvalue weighted by molar-refractivity contribution is 5.87. The zero-order valence-electron chi connectivity index (χ0n) is 15.1. The molecule has 0 aliphatic carbocycles. The summed E-state index contributed by atoms with van der Waals surface area (Å²) in [5.41, 5.74) is 2.53. The van der Waals surface area contributed by atoms with E-state index in [1.165, 1.54) is 5.57 Å². The zero-order chi connectivity index (χ0) is 17.1. The smallest absolute Gasteiger partial charge is 0.152 e. The molecule has 0 N–H and O–H groups in total. The maximum absolute atomic E-state index is 11.1. The Balaban J connectivity index is 4.33. The lowest BCUT2D eigenvalue weighted by Crippen LogP contribution is -2.06. The van der Waals surface area contributed by atoms with E-state index in [0.717, 1.165) is 31.3 Å². The van der Waals surface area contributed by atoms with E-state index in [9.17, 15) is 9.59 Å². The van der Waals surface area contributed by atoms with Crippen LogP contribution >= 0.6 is 0 Å². The molecule has 0 amide bonds. The molecule has 2 nitrogen and oxygen atoms in total. The third kappa shape index (κ3) is 11.2. The molecule has 0 aliphatic rings. The summed E-state index contributed by atoms with van der Waals surface area (Å²) in [5.74, 6) is 1.23. The monoisotopic (exact) mass is 304 g/mol. The summed E-state index contributed by atoms with van der Waals surface area (Å²) in [6.45, 7) is 11.7. The summed E-state index contributed by atoms with van der Waals surface area (Å²) in [4.78, 5) is 22.0. The standard InChI is InChI=1S/C20H32O2/c1-15(2)20(13-11-18(5)21)12-10-16(3)8-7-9-17(4)14-19(6)22/h8,11,13-15,20H,7,9-10,12H2,1-6H3/b13-11+,16-8+,17-14+. The van der Waals surface area contributed by atoms with Crippen molar-refractivity contribution in [3.8, 4) is 0 Å². The summed E-state index contributed by atoms with van der Waals surface area (Å²) in [6, 6.07) is 0. The number of rotatable bonds is 10. The largest absolute Gasteiger partial charge is 0.295 e. The van der Waals surface area contributed by atoms with E-state index in [1.54, 1.807) is 26.0 Å². The van der Waals surface area contributed by atoms with Crippen LogP contribution in [0.3, 0.4) is 0 Å². The Morgan fingerprint density at radius 2 is 1.55 bits per heavy atom. The van der Waals surface area contributed by atoms with Crippen LogP contribution in [0.15, 0.2) is 35.5 Å². The molecule has 0 rings (SSSR count). The Hall–Kier alpha value is -1.44. The fourth-order valence-electron chi connectivity index (χ4n) is 2.37. The Morgan fingerprint density at radius 3 is 2.05 bits per heavy atom. The fourth-order valence-corrected chi connectivity index (χ4v) is 2.37. The van der Waals surface area contributed by atoms with E-state index >= 15 is 0 Å². The Labute approximate surface area is 136 Å². The van der Waals surface area contributed by atoms with E-state index in [0.29, 0.717) is 11.8 Å². The van der Waals surface area contributed by atoms with Gasteiger partial charge in [0.25, 0.3) is 0 Å². The van der Waals surface area contributed by atoms with Crippen molar-refractivity contribution in [1.82, 2.24) is 0 Å². The predicted octanol–water partition coefficient (Wildman–Crippen LogP) is 5.45. The first-order valence-electron chi connectivity index (χ1n) is 8.24. The second-order valence-corrected chi connectivity index (χ2v) is 6.61. The Morgan fingerprint density at radius 1 is 0.909 bits per heavy atom. The fraction of sp³-hybridized carbons (Fsp3) is 0.600. The average molecular weight is 304 g/mol. The molecule has 0 radical (unpaired) electrons. The second-order valence-electron chi connectivity index (χ2n) is 6.61. The van der Waals surface area contributed by atoms with Crippen LogP contribution in [-0.2, 0) is 9.59 Å². The van der Waals surface area contributed by atoms with Crippen LogP contribution < -0.4 is 0 Å². The quantitative estimate of drug-likeness (QED) is 0.397. The van der Waals surface area contributed by atoms with Crippen molar-refractivity contribution < 1.29 is 9.59 Å². The minimum Gasteiger partial charge on any atom is -0.295 e. The molecule has 0 saturated heterocycles. The van der Waals surface area contributed by atoms with Crippen molar-refractivity contribution in [3.05, 3.63) is 35.5 Å². The first-order chi connectivity index (χ1) is 10.2. The van der Waals surface area contributed by atoms with Crippen LogP contribution in [0.5, 0.6) is 0 Å². The highest BCUT2D eigenvalue weighted by Gasteiger charge is 2.10. The summed E-state index contributed by atoms with van der Waals surface area (Å²) in [5, 5.41) is 0. The minimum absolute atomic E-state index is 0.116. The van der Waals surface area contributed by atoms with Crippen molar-refractivity contribution in [3.63, 3.8) is 0 Å². The molecule has 1 atom stereocenters. The van der Waals surface area contributed by atoms with Gasteiger partial charge in [0, 0.05) is 0 Å². The van der Waals surface area contributed by atoms with E-state index in [-0.39, 0.29) is 11.6 Å². The van der Waals surface area contributed by atoms with Gasteiger partial charge in [-0.3, -0.25) is 9.59 Å². The molecule has 0 aliphatic heterocycles. The molecule has 1 unspecified atom stereocenters. The number of carbonyl (C=O) groups excluding carboxylic acids is 2. The van der Waals surface area contributed by atoms with Gasteiger partial charge in [0.15, 0.2) is 11.6 Å². The van der Waals surface area contributed by atoms with Crippen LogP contribution in [-0.4, -0.2) is 11.6 Å². The van der Waals surface area contributed by atoms with E-state index in [2.05, 4.69) is 32.9 Å². The summed E-state index contributed by atoms with van der Waals surface area (Å²) in [6.07, 6.45) is 11.8. The molecule has 0 aromatic heterocycles. The van der Waals surface area contributed by atoms with Crippen LogP contribution in [0.1, 0.15) is 67.2 Å². The van der Waals surface area contributed by atoms with Crippen LogP contribution in [0, 0.1) is 11.8 Å². The second kappa shape index (κ2) is 11.2. The van der Waals surface area contributed by atoms with Gasteiger partial charge in [0.1, 0.15) is 0 Å². The third-order valence-electron chi connectivity index (χ3n) is 3.79. The van der Waals surface area contributed by atoms with Crippen molar-refractivity contribution in [2.45, 2.75) is 67.2 Å². The lowest BCUT2D eigenvalue weighted by molar-refractivity contribution is -0.113. The van der Waals surface area contributed by atoms with Crippen LogP contribution in [0.4, 0.5) is 0 Å². The van der Waals surface area contributed by atoms with Crippen LogP contribution in [0.25, 0.3) is 0 Å². The normalized spacial score (nSPS) is 14.7. The van der Waals surface area contributed by atoms with Crippen molar-refractivity contribution >= 4 is 11.6 Å². The van der Waals surface area contributed by atoms with Gasteiger partial charge in [-0.25, -0.2) is 0 Å². The highest BCUT2D eigenvalue weighted by Crippen LogP contribution is 2.22. The maximum atomic E-state index is 11.1. The number of ketones is 2. The van der Waals surface area contributed by atoms with Gasteiger partial charge in [-0.15, -0.1) is 0 Å². The van der Waals surface area contributed by atoms with E-state index < -0.39 is 0 Å². The minimum atomic E-state index is 0.116. The lowest BCUT2D eigenvalue weighted by atomic mass is 9.89. The van der Waals surface area contributed by atoms with Crippen molar-refractivity contribution in [1.29, 1.82) is 0 Å². The molecule has 0 spiro atoms. The molecule has 2 heteroatoms. The third-order valence-corrected chi connectivity index (χ3v) is 3.79. The molecule has 0 fully saturated rings. The number of hydrogen-bond donors (Lipinski definition) is 0. The van der Waals surface area contributed by atoms with Gasteiger partial charge in [0.05, 0.1) is 0 Å². The molecular weight excluding hydrogens is 272 g/mol. The molecule has 0 heterocycles. The number of allylic oxidation sites excluding steroid dienone is 6. The first kappa shape index (κ1) is 20.6. The molecular formula is C20H32O2. The molecule has 0 aromatic carbocycles. The lowest BCUT2D eigenvalue weighted by Gasteiger charge is -2.17. The maximum Gasteiger partial charge on any atom is 0.152 e. The van der Waals surface area contributed by atoms with Gasteiger partial charge in [-0.1, -0.05) is 37.1 Å². The summed E-state index contributed by atoms with van der Waals surface area (Å²) < 4.78 is 0. The van der Waals surface area contributed by atoms with Crippen LogP contribution in [0.2, 0.25) is 0 Å². The molecule has 0 aromatic rings. The highest BCUT2D eigenvalue weighted by atomic mass is 16.1. The van der Waals surface area contributed by atoms with Gasteiger partial charge in [-0.05, 0) is 77.4 Å². The summed E-state index contributed by atoms with van der Waals surface area (Å²) >= 11 is 0. The van der Waals surface area contributed by atoms with Gasteiger partial charge < -0.3 is 0 Å². The SMILES string of the molecule is CC(=O)/C=C/C(CC/C(C)=C/CC/C(C)=C/C(C)=O)C(C)C. The van der Waals surface area contributed by atoms with E-state index in [1.807, 2.05) is 6.92 Å². The van der Waals surface area contributed by atoms with Crippen molar-refractivity contribution in [2.75, 3.05) is 0 Å². The first-order valence-corrected chi connectivity index (χ1v) is 8.24. The molecule has 0 saturated carbocycles. The van der Waals surface area contributed by atoms with Gasteiger partial charge >= 0.3 is 0 Å². The number of carbonyl (C=O) groups is 2. The van der Waals surface area contributed by atoms with Gasteiger partial charge in [0.2, 0.25) is 0 Å². The molecule has 124 valence electrons. The zero-order valence-corrected chi connectivity index (χ0v) is 15.1. The molecule has 22 heavy (non-hydrogen) atoms. The number of hydrogen-bond acceptors (Lipinski definition) is 2. The average Bonchev–Trinajstić information content (AvgIpc) is 2.36. The van der Waals surface area contributed by atoms with E-state index in [4.69, 9.17) is 0 Å². The Kier molecular flexibility index (Phi) is 10.4. The predicted molar refractivity (Wildman–Crippen MR) is 94.8 cm³/mol. The Bertz CT molecular complexity index is 450. The van der Waals surface area contributed by atoms with Gasteiger partial charge in [-0.2, -0.15) is 0 Å². The molecule has 0 bridgehead atoms. The summed E-state index contributed by atoms with van der Waals surface area (Å²) in [7, 11) is 0.